The number of aromatic nitrogens is 1. The molecule has 0 spiro atoms. The first-order valence-electron chi connectivity index (χ1n) is 26.1. The van der Waals surface area contributed by atoms with Gasteiger partial charge in [-0.05, 0) is 150 Å². The fraction of sp³-hybridized carbons (Fsp3) is 0.0411. The summed E-state index contributed by atoms with van der Waals surface area (Å²) in [4.78, 5) is 2.46. The number of benzene rings is 12. The highest BCUT2D eigenvalue weighted by Crippen LogP contribution is 2.51. The second-order valence-electron chi connectivity index (χ2n) is 20.5. The molecule has 14 rings (SSSR count). The summed E-state index contributed by atoms with van der Waals surface area (Å²) in [5, 5.41) is 4.86. The maximum Gasteiger partial charge on any atom is 0.0541 e. The molecule has 0 amide bonds. The third-order valence-corrected chi connectivity index (χ3v) is 15.8. The van der Waals surface area contributed by atoms with E-state index in [9.17, 15) is 0 Å². The topological polar surface area (TPSA) is 8.17 Å². The Morgan fingerprint density at radius 3 is 1.49 bits per heavy atom. The maximum absolute atomic E-state index is 2.46. The monoisotopic (exact) mass is 956 g/mol. The van der Waals surface area contributed by atoms with Crippen LogP contribution in [0.2, 0.25) is 0 Å². The van der Waals surface area contributed by atoms with Gasteiger partial charge in [0.2, 0.25) is 0 Å². The van der Waals surface area contributed by atoms with Gasteiger partial charge in [0.05, 0.1) is 16.7 Å². The number of anilines is 3. The van der Waals surface area contributed by atoms with Crippen LogP contribution in [-0.2, 0) is 5.41 Å². The molecule has 354 valence electrons. The molecule has 0 N–H and O–H groups in total. The molecule has 13 aromatic rings. The van der Waals surface area contributed by atoms with Gasteiger partial charge in [0.15, 0.2) is 0 Å². The molecule has 0 fully saturated rings. The standard InChI is InChI=1S/C73H52N2/c1-73(2)68-28-13-11-26-64(68)65-41-40-61(48-69(65)73)74(70-30-16-22-55-21-9-10-25-63(55)70)60-24-15-23-56(44-60)57-39-42-72-67(47-57)66-27-12-14-29-71(66)75(72)62-45-58(53-35-31-51(32-36-53)49-17-5-3-6-18-49)43-59(46-62)54-37-33-52(34-38-54)50-19-7-4-8-20-50/h3-48H,1-2H3. The van der Waals surface area contributed by atoms with Crippen molar-refractivity contribution in [1.29, 1.82) is 0 Å². The molecule has 0 saturated heterocycles. The largest absolute Gasteiger partial charge is 0.310 e. The van der Waals surface area contributed by atoms with E-state index in [-0.39, 0.29) is 5.41 Å². The smallest absolute Gasteiger partial charge is 0.0541 e. The number of fused-ring (bicyclic) bond motifs is 7. The third kappa shape index (κ3) is 7.65. The molecule has 2 heteroatoms. The van der Waals surface area contributed by atoms with Gasteiger partial charge in [0, 0.05) is 38.6 Å². The van der Waals surface area contributed by atoms with Crippen LogP contribution in [-0.4, -0.2) is 4.57 Å². The Kier molecular flexibility index (Phi) is 10.6. The minimum absolute atomic E-state index is 0.131. The normalized spacial score (nSPS) is 12.5. The number of nitrogens with zero attached hydrogens (tertiary/aromatic N) is 2. The van der Waals surface area contributed by atoms with Crippen LogP contribution in [0.1, 0.15) is 25.0 Å². The van der Waals surface area contributed by atoms with Crippen LogP contribution in [0.3, 0.4) is 0 Å². The Morgan fingerprint density at radius 1 is 0.293 bits per heavy atom. The molecule has 2 nitrogen and oxygen atoms in total. The molecule has 0 bridgehead atoms. The van der Waals surface area contributed by atoms with Gasteiger partial charge in [-0.3, -0.25) is 0 Å². The number of hydrogen-bond acceptors (Lipinski definition) is 1. The molecule has 0 radical (unpaired) electrons. The zero-order chi connectivity index (χ0) is 50.0. The maximum atomic E-state index is 2.46. The summed E-state index contributed by atoms with van der Waals surface area (Å²) in [6.07, 6.45) is 0. The lowest BCUT2D eigenvalue weighted by Gasteiger charge is -2.29. The van der Waals surface area contributed by atoms with Gasteiger partial charge in [-0.2, -0.15) is 0 Å². The van der Waals surface area contributed by atoms with Crippen LogP contribution in [0.25, 0.3) is 105 Å². The van der Waals surface area contributed by atoms with Crippen molar-refractivity contribution in [2.75, 3.05) is 4.90 Å². The molecule has 1 heterocycles. The molecular formula is C73H52N2. The second kappa shape index (κ2) is 17.9. The Hall–Kier alpha value is -9.50. The van der Waals surface area contributed by atoms with Crippen molar-refractivity contribution in [2.24, 2.45) is 0 Å². The van der Waals surface area contributed by atoms with Crippen molar-refractivity contribution in [1.82, 2.24) is 4.57 Å². The van der Waals surface area contributed by atoms with Crippen molar-refractivity contribution < 1.29 is 0 Å². The van der Waals surface area contributed by atoms with Gasteiger partial charge < -0.3 is 9.47 Å². The first kappa shape index (κ1) is 44.2. The van der Waals surface area contributed by atoms with E-state index in [1.165, 1.54) is 99.4 Å². The number of hydrogen-bond donors (Lipinski definition) is 0. The van der Waals surface area contributed by atoms with Crippen LogP contribution in [0.4, 0.5) is 17.1 Å². The van der Waals surface area contributed by atoms with E-state index in [2.05, 4.69) is 302 Å². The Bertz CT molecular complexity index is 4190. The summed E-state index contributed by atoms with van der Waals surface area (Å²) in [5.74, 6) is 0. The minimum atomic E-state index is -0.131. The molecule has 0 aliphatic heterocycles. The van der Waals surface area contributed by atoms with Crippen LogP contribution in [0.15, 0.2) is 279 Å². The molecule has 1 aliphatic carbocycles. The van der Waals surface area contributed by atoms with Gasteiger partial charge in [0.1, 0.15) is 0 Å². The van der Waals surface area contributed by atoms with E-state index in [4.69, 9.17) is 0 Å². The molecule has 1 aliphatic rings. The number of rotatable bonds is 9. The van der Waals surface area contributed by atoms with E-state index < -0.39 is 0 Å². The molecule has 0 saturated carbocycles. The molecule has 1 aromatic heterocycles. The molecule has 0 atom stereocenters. The van der Waals surface area contributed by atoms with Crippen molar-refractivity contribution in [2.45, 2.75) is 19.3 Å². The summed E-state index contributed by atoms with van der Waals surface area (Å²) >= 11 is 0. The van der Waals surface area contributed by atoms with Crippen LogP contribution in [0, 0.1) is 0 Å². The lowest BCUT2D eigenvalue weighted by Crippen LogP contribution is -2.16. The summed E-state index contributed by atoms with van der Waals surface area (Å²) in [6, 6.07) is 103. The highest BCUT2D eigenvalue weighted by atomic mass is 15.1. The average molecular weight is 957 g/mol. The zero-order valence-corrected chi connectivity index (χ0v) is 42.0. The lowest BCUT2D eigenvalue weighted by molar-refractivity contribution is 0.660. The predicted molar refractivity (Wildman–Crippen MR) is 318 cm³/mol. The second-order valence-corrected chi connectivity index (χ2v) is 20.5. The first-order chi connectivity index (χ1) is 36.9. The SMILES string of the molecule is CC1(C)c2ccccc2-c2ccc(N(c3cccc(-c4ccc5c(c4)c4ccccc4n5-c4cc(-c5ccc(-c6ccccc6)cc5)cc(-c5ccc(-c6ccccc6)cc5)c4)c3)c3cccc4ccccc34)cc21. The fourth-order valence-electron chi connectivity index (χ4n) is 12.0. The minimum Gasteiger partial charge on any atom is -0.310 e. The first-order valence-corrected chi connectivity index (χ1v) is 26.1. The predicted octanol–water partition coefficient (Wildman–Crippen LogP) is 20.0. The highest BCUT2D eigenvalue weighted by Gasteiger charge is 2.36. The lowest BCUT2D eigenvalue weighted by atomic mass is 9.82. The van der Waals surface area contributed by atoms with E-state index in [1.807, 2.05) is 0 Å². The zero-order valence-electron chi connectivity index (χ0n) is 42.0. The Morgan fingerprint density at radius 2 is 0.787 bits per heavy atom. The van der Waals surface area contributed by atoms with Crippen LogP contribution < -0.4 is 4.90 Å². The average Bonchev–Trinajstić information content (AvgIpc) is 3.96. The van der Waals surface area contributed by atoms with E-state index >= 15 is 0 Å². The summed E-state index contributed by atoms with van der Waals surface area (Å²) < 4.78 is 2.46. The number of para-hydroxylation sites is 1. The van der Waals surface area contributed by atoms with Gasteiger partial charge in [-0.1, -0.05) is 226 Å². The molecular weight excluding hydrogens is 905 g/mol. The molecule has 75 heavy (non-hydrogen) atoms. The summed E-state index contributed by atoms with van der Waals surface area (Å²) in [7, 11) is 0. The van der Waals surface area contributed by atoms with Crippen LogP contribution >= 0.6 is 0 Å². The van der Waals surface area contributed by atoms with E-state index in [1.54, 1.807) is 0 Å². The summed E-state index contributed by atoms with van der Waals surface area (Å²) in [5.41, 5.74) is 23.9. The van der Waals surface area contributed by atoms with Crippen molar-refractivity contribution >= 4 is 49.6 Å². The summed E-state index contributed by atoms with van der Waals surface area (Å²) in [6.45, 7) is 4.73. The van der Waals surface area contributed by atoms with Crippen molar-refractivity contribution in [3.8, 4) is 72.4 Å². The fourth-order valence-corrected chi connectivity index (χ4v) is 12.0. The third-order valence-electron chi connectivity index (χ3n) is 15.8. The van der Waals surface area contributed by atoms with E-state index in [0.29, 0.717) is 0 Å². The van der Waals surface area contributed by atoms with Crippen LogP contribution in [0.5, 0.6) is 0 Å². The Labute approximate surface area is 438 Å². The molecule has 0 unspecified atom stereocenters. The van der Waals surface area contributed by atoms with Gasteiger partial charge in [-0.15, -0.1) is 0 Å². The molecule has 12 aromatic carbocycles. The van der Waals surface area contributed by atoms with Gasteiger partial charge in [-0.25, -0.2) is 0 Å². The quantitative estimate of drug-likeness (QED) is 0.140. The van der Waals surface area contributed by atoms with Crippen molar-refractivity contribution in [3.05, 3.63) is 290 Å². The van der Waals surface area contributed by atoms with Gasteiger partial charge >= 0.3 is 0 Å². The Balaban J connectivity index is 0.900. The highest BCUT2D eigenvalue weighted by molar-refractivity contribution is 6.11. The van der Waals surface area contributed by atoms with Crippen molar-refractivity contribution in [3.63, 3.8) is 0 Å². The van der Waals surface area contributed by atoms with Gasteiger partial charge in [0.25, 0.3) is 0 Å². The van der Waals surface area contributed by atoms with E-state index in [0.717, 1.165) is 33.8 Å².